The van der Waals surface area contributed by atoms with Crippen LogP contribution in [0.4, 0.5) is 5.82 Å². The smallest absolute Gasteiger partial charge is 0.160 e. The molecule has 1 heterocycles. The molecule has 1 unspecified atom stereocenters. The second-order valence-electron chi connectivity index (χ2n) is 5.13. The fraction of sp³-hybridized carbons (Fsp3) is 0.714. The standard InChI is InChI=1S/C14H22BrN3O/c1-9-11(15)13(16-2)18-14(17-9)12(19-3)10-7-5-4-6-8-10/h10,12H,4-8H2,1-3H3,(H,16,17,18). The molecule has 0 aromatic carbocycles. The molecular weight excluding hydrogens is 306 g/mol. The summed E-state index contributed by atoms with van der Waals surface area (Å²) in [5.74, 6) is 2.18. The molecule has 1 aromatic rings. The number of aromatic nitrogens is 2. The van der Waals surface area contributed by atoms with Crippen LogP contribution in [-0.4, -0.2) is 24.1 Å². The van der Waals surface area contributed by atoms with Crippen LogP contribution in [0.3, 0.4) is 0 Å². The third-order valence-electron chi connectivity index (χ3n) is 3.86. The molecule has 2 rings (SSSR count). The first-order valence-corrected chi connectivity index (χ1v) is 7.71. The zero-order valence-electron chi connectivity index (χ0n) is 11.9. The Labute approximate surface area is 123 Å². The Morgan fingerprint density at radius 2 is 1.95 bits per heavy atom. The van der Waals surface area contributed by atoms with E-state index >= 15 is 0 Å². The van der Waals surface area contributed by atoms with Gasteiger partial charge in [0.05, 0.1) is 10.2 Å². The molecule has 1 saturated carbocycles. The van der Waals surface area contributed by atoms with Crippen molar-refractivity contribution >= 4 is 21.7 Å². The second-order valence-corrected chi connectivity index (χ2v) is 5.93. The molecule has 0 aliphatic heterocycles. The molecule has 19 heavy (non-hydrogen) atoms. The minimum atomic E-state index is 0.0131. The van der Waals surface area contributed by atoms with E-state index in [2.05, 4.69) is 31.2 Å². The Morgan fingerprint density at radius 3 is 2.53 bits per heavy atom. The van der Waals surface area contributed by atoms with E-state index < -0.39 is 0 Å². The Morgan fingerprint density at radius 1 is 1.26 bits per heavy atom. The number of anilines is 1. The lowest BCUT2D eigenvalue weighted by atomic mass is 9.85. The summed E-state index contributed by atoms with van der Waals surface area (Å²) >= 11 is 3.51. The van der Waals surface area contributed by atoms with E-state index in [1.165, 1.54) is 32.1 Å². The third-order valence-corrected chi connectivity index (χ3v) is 4.81. The highest BCUT2D eigenvalue weighted by Crippen LogP contribution is 2.36. The monoisotopic (exact) mass is 327 g/mol. The van der Waals surface area contributed by atoms with E-state index in [1.807, 2.05) is 14.0 Å². The van der Waals surface area contributed by atoms with Crippen molar-refractivity contribution in [1.29, 1.82) is 0 Å². The van der Waals surface area contributed by atoms with Crippen molar-refractivity contribution in [2.24, 2.45) is 5.92 Å². The summed E-state index contributed by atoms with van der Waals surface area (Å²) in [6.07, 6.45) is 6.36. The van der Waals surface area contributed by atoms with Crippen molar-refractivity contribution in [3.63, 3.8) is 0 Å². The minimum absolute atomic E-state index is 0.0131. The minimum Gasteiger partial charge on any atom is -0.373 e. The van der Waals surface area contributed by atoms with Gasteiger partial charge in [-0.15, -0.1) is 0 Å². The van der Waals surface area contributed by atoms with E-state index in [1.54, 1.807) is 7.11 Å². The van der Waals surface area contributed by atoms with Crippen molar-refractivity contribution in [3.05, 3.63) is 16.0 Å². The predicted molar refractivity (Wildman–Crippen MR) is 80.3 cm³/mol. The Hall–Kier alpha value is -0.680. The van der Waals surface area contributed by atoms with Crippen LogP contribution >= 0.6 is 15.9 Å². The first-order chi connectivity index (χ1) is 9.17. The zero-order chi connectivity index (χ0) is 13.8. The summed E-state index contributed by atoms with van der Waals surface area (Å²) in [6.45, 7) is 1.99. The van der Waals surface area contributed by atoms with Gasteiger partial charge in [-0.3, -0.25) is 0 Å². The number of nitrogens with one attached hydrogen (secondary N) is 1. The van der Waals surface area contributed by atoms with E-state index in [-0.39, 0.29) is 6.10 Å². The van der Waals surface area contributed by atoms with Crippen LogP contribution in [0.25, 0.3) is 0 Å². The maximum atomic E-state index is 5.70. The van der Waals surface area contributed by atoms with Crippen LogP contribution in [0.2, 0.25) is 0 Å². The molecular formula is C14H22BrN3O. The largest absolute Gasteiger partial charge is 0.373 e. The number of halogens is 1. The molecule has 0 radical (unpaired) electrons. The van der Waals surface area contributed by atoms with Crippen LogP contribution in [0.1, 0.15) is 49.7 Å². The normalized spacial score (nSPS) is 18.3. The lowest BCUT2D eigenvalue weighted by molar-refractivity contribution is 0.0289. The van der Waals surface area contributed by atoms with Gasteiger partial charge in [0, 0.05) is 14.2 Å². The topological polar surface area (TPSA) is 47.0 Å². The van der Waals surface area contributed by atoms with E-state index in [4.69, 9.17) is 4.74 Å². The van der Waals surface area contributed by atoms with E-state index in [0.29, 0.717) is 5.92 Å². The molecule has 106 valence electrons. The van der Waals surface area contributed by atoms with Crippen molar-refractivity contribution in [3.8, 4) is 0 Å². The molecule has 1 aromatic heterocycles. The highest BCUT2D eigenvalue weighted by molar-refractivity contribution is 9.10. The number of nitrogens with zero attached hydrogens (tertiary/aromatic N) is 2. The van der Waals surface area contributed by atoms with Crippen LogP contribution in [-0.2, 0) is 4.74 Å². The molecule has 1 aliphatic rings. The van der Waals surface area contributed by atoms with Gasteiger partial charge >= 0.3 is 0 Å². The quantitative estimate of drug-likeness (QED) is 0.912. The summed E-state index contributed by atoms with van der Waals surface area (Å²) in [6, 6.07) is 0. The third kappa shape index (κ3) is 3.26. The van der Waals surface area contributed by atoms with Crippen molar-refractivity contribution < 1.29 is 4.74 Å². The maximum Gasteiger partial charge on any atom is 0.160 e. The number of methoxy groups -OCH3 is 1. The summed E-state index contributed by atoms with van der Waals surface area (Å²) in [5.41, 5.74) is 0.951. The molecule has 1 N–H and O–H groups in total. The van der Waals surface area contributed by atoms with Crippen molar-refractivity contribution in [1.82, 2.24) is 9.97 Å². The van der Waals surface area contributed by atoms with Gasteiger partial charge in [-0.05, 0) is 41.6 Å². The lowest BCUT2D eigenvalue weighted by Crippen LogP contribution is -2.21. The van der Waals surface area contributed by atoms with Gasteiger partial charge in [-0.1, -0.05) is 19.3 Å². The fourth-order valence-corrected chi connectivity index (χ4v) is 3.19. The molecule has 1 aliphatic carbocycles. The maximum absolute atomic E-state index is 5.70. The molecule has 0 bridgehead atoms. The first-order valence-electron chi connectivity index (χ1n) is 6.92. The Bertz CT molecular complexity index is 433. The zero-order valence-corrected chi connectivity index (χ0v) is 13.5. The molecule has 4 nitrogen and oxygen atoms in total. The lowest BCUT2D eigenvalue weighted by Gasteiger charge is -2.28. The Balaban J connectivity index is 2.29. The molecule has 1 fully saturated rings. The number of aryl methyl sites for hydroxylation is 1. The number of hydrogen-bond donors (Lipinski definition) is 1. The summed E-state index contributed by atoms with van der Waals surface area (Å²) in [7, 11) is 3.64. The summed E-state index contributed by atoms with van der Waals surface area (Å²) in [4.78, 5) is 9.21. The number of hydrogen-bond acceptors (Lipinski definition) is 4. The van der Waals surface area contributed by atoms with Crippen molar-refractivity contribution in [2.45, 2.75) is 45.1 Å². The average Bonchev–Trinajstić information content (AvgIpc) is 2.44. The SMILES string of the molecule is CNc1nc(C(OC)C2CCCCC2)nc(C)c1Br. The summed E-state index contributed by atoms with van der Waals surface area (Å²) < 4.78 is 6.63. The molecule has 0 saturated heterocycles. The van der Waals surface area contributed by atoms with Gasteiger partial charge in [-0.25, -0.2) is 9.97 Å². The van der Waals surface area contributed by atoms with Crippen LogP contribution in [0.5, 0.6) is 0 Å². The number of rotatable bonds is 4. The second kappa shape index (κ2) is 6.66. The number of ether oxygens (including phenoxy) is 1. The molecule has 1 atom stereocenters. The van der Waals surface area contributed by atoms with Gasteiger partial charge in [0.25, 0.3) is 0 Å². The van der Waals surface area contributed by atoms with E-state index in [9.17, 15) is 0 Å². The Kier molecular flexibility index (Phi) is 5.16. The fourth-order valence-electron chi connectivity index (χ4n) is 2.82. The van der Waals surface area contributed by atoms with Gasteiger partial charge in [0.2, 0.25) is 0 Å². The summed E-state index contributed by atoms with van der Waals surface area (Å²) in [5, 5.41) is 3.10. The molecule has 5 heteroatoms. The van der Waals surface area contributed by atoms with Crippen LogP contribution in [0.15, 0.2) is 4.47 Å². The van der Waals surface area contributed by atoms with Gasteiger partial charge in [-0.2, -0.15) is 0 Å². The highest BCUT2D eigenvalue weighted by Gasteiger charge is 2.28. The van der Waals surface area contributed by atoms with Crippen LogP contribution in [0, 0.1) is 12.8 Å². The van der Waals surface area contributed by atoms with Crippen molar-refractivity contribution in [2.75, 3.05) is 19.5 Å². The van der Waals surface area contributed by atoms with Gasteiger partial charge in [0.15, 0.2) is 5.82 Å². The molecule has 0 amide bonds. The van der Waals surface area contributed by atoms with Gasteiger partial charge in [0.1, 0.15) is 11.9 Å². The molecule has 0 spiro atoms. The first kappa shape index (κ1) is 14.7. The average molecular weight is 328 g/mol. The predicted octanol–water partition coefficient (Wildman–Crippen LogP) is 3.86. The van der Waals surface area contributed by atoms with Crippen LogP contribution < -0.4 is 5.32 Å². The van der Waals surface area contributed by atoms with Gasteiger partial charge < -0.3 is 10.1 Å². The van der Waals surface area contributed by atoms with E-state index in [0.717, 1.165) is 21.8 Å². The highest BCUT2D eigenvalue weighted by atomic mass is 79.9.